The van der Waals surface area contributed by atoms with Gasteiger partial charge < -0.3 is 23.9 Å². The molecule has 0 unspecified atom stereocenters. The molecule has 3 heterocycles. The van der Waals surface area contributed by atoms with E-state index in [1.807, 2.05) is 34.6 Å². The van der Waals surface area contributed by atoms with Crippen molar-refractivity contribution in [3.05, 3.63) is 23.9 Å². The molecule has 9 nitrogen and oxygen atoms in total. The number of aromatic nitrogens is 2. The molecule has 1 aromatic carbocycles. The van der Waals surface area contributed by atoms with Crippen molar-refractivity contribution in [2.45, 2.75) is 110 Å². The van der Waals surface area contributed by atoms with Gasteiger partial charge in [-0.25, -0.2) is 9.97 Å². The molecule has 3 aliphatic rings. The number of carbonyl (C=O) groups is 3. The standard InChI is InChI=1S/C33H42F3N3O6/c1-6-21-26(18-40)39-17-27(21)43-29-24(37-23-13-12-20(14-25(23)38-29)44-33(34,35)36)11-9-7-8-10-19-16-32(19,5)45-28(41)15-22(30(39)42)31(2,3)4/h12-14,18-19,21-22,26-27H,6-11,15-17H2,1-5H3/t19-,21+,22-,26-,27+,32-/m1/s1. The van der Waals surface area contributed by atoms with Crippen LogP contribution in [-0.2, 0) is 25.5 Å². The lowest BCUT2D eigenvalue weighted by Crippen LogP contribution is -2.46. The highest BCUT2D eigenvalue weighted by atomic mass is 19.4. The van der Waals surface area contributed by atoms with E-state index in [2.05, 4.69) is 9.72 Å². The van der Waals surface area contributed by atoms with E-state index in [4.69, 9.17) is 14.5 Å². The summed E-state index contributed by atoms with van der Waals surface area (Å²) in [6.45, 7) is 9.60. The normalized spacial score (nSPS) is 30.0. The van der Waals surface area contributed by atoms with Crippen molar-refractivity contribution in [1.82, 2.24) is 14.9 Å². The van der Waals surface area contributed by atoms with Crippen molar-refractivity contribution in [2.24, 2.45) is 23.2 Å². The Balaban J connectivity index is 1.52. The zero-order valence-corrected chi connectivity index (χ0v) is 26.5. The summed E-state index contributed by atoms with van der Waals surface area (Å²) >= 11 is 0. The van der Waals surface area contributed by atoms with E-state index in [0.717, 1.165) is 38.4 Å². The number of aryl methyl sites for hydroxylation is 1. The number of ether oxygens (including phenoxy) is 3. The van der Waals surface area contributed by atoms with Crippen molar-refractivity contribution in [3.63, 3.8) is 0 Å². The Kier molecular flexibility index (Phi) is 9.07. The van der Waals surface area contributed by atoms with Gasteiger partial charge in [-0.1, -0.05) is 40.5 Å². The lowest BCUT2D eigenvalue weighted by molar-refractivity contribution is -0.274. The van der Waals surface area contributed by atoms with Gasteiger partial charge in [0.2, 0.25) is 11.8 Å². The molecule has 2 aliphatic heterocycles. The fourth-order valence-electron chi connectivity index (χ4n) is 6.85. The van der Waals surface area contributed by atoms with Gasteiger partial charge in [0, 0.05) is 17.9 Å². The summed E-state index contributed by atoms with van der Waals surface area (Å²) < 4.78 is 55.3. The molecule has 0 spiro atoms. The van der Waals surface area contributed by atoms with Gasteiger partial charge >= 0.3 is 12.3 Å². The summed E-state index contributed by atoms with van der Waals surface area (Å²) in [5, 5.41) is 0. The molecule has 2 aromatic rings. The molecule has 6 atom stereocenters. The average molecular weight is 634 g/mol. The van der Waals surface area contributed by atoms with E-state index < -0.39 is 47.2 Å². The Hall–Kier alpha value is -3.44. The Morgan fingerprint density at radius 1 is 1.11 bits per heavy atom. The highest BCUT2D eigenvalue weighted by Crippen LogP contribution is 2.50. The molecule has 1 aliphatic carbocycles. The third kappa shape index (κ3) is 7.35. The van der Waals surface area contributed by atoms with E-state index in [1.165, 1.54) is 23.1 Å². The number of alkyl halides is 3. The van der Waals surface area contributed by atoms with Crippen LogP contribution in [0.4, 0.5) is 13.2 Å². The Morgan fingerprint density at radius 2 is 1.87 bits per heavy atom. The minimum Gasteiger partial charge on any atom is -0.471 e. The van der Waals surface area contributed by atoms with Gasteiger partial charge in [0.1, 0.15) is 29.4 Å². The number of amides is 1. The lowest BCUT2D eigenvalue weighted by Gasteiger charge is -2.34. The quantitative estimate of drug-likeness (QED) is 0.290. The minimum atomic E-state index is -4.86. The first-order valence-electron chi connectivity index (χ1n) is 15.8. The van der Waals surface area contributed by atoms with Crippen LogP contribution in [0.1, 0.15) is 85.3 Å². The number of rotatable bonds is 3. The highest BCUT2D eigenvalue weighted by Gasteiger charge is 2.54. The number of benzene rings is 1. The van der Waals surface area contributed by atoms with Gasteiger partial charge in [-0.15, -0.1) is 13.2 Å². The molecule has 246 valence electrons. The van der Waals surface area contributed by atoms with Gasteiger partial charge in [-0.05, 0) is 56.6 Å². The highest BCUT2D eigenvalue weighted by molar-refractivity contribution is 5.87. The van der Waals surface area contributed by atoms with Gasteiger partial charge in [0.25, 0.3) is 0 Å². The smallest absolute Gasteiger partial charge is 0.471 e. The fourth-order valence-corrected chi connectivity index (χ4v) is 6.85. The monoisotopic (exact) mass is 633 g/mol. The van der Waals surface area contributed by atoms with Crippen molar-refractivity contribution >= 4 is 29.2 Å². The molecular weight excluding hydrogens is 591 g/mol. The Bertz CT molecular complexity index is 1440. The van der Waals surface area contributed by atoms with Crippen molar-refractivity contribution in [1.29, 1.82) is 0 Å². The van der Waals surface area contributed by atoms with Crippen molar-refractivity contribution < 1.29 is 41.8 Å². The van der Waals surface area contributed by atoms with Crippen LogP contribution >= 0.6 is 0 Å². The molecule has 1 aromatic heterocycles. The van der Waals surface area contributed by atoms with Gasteiger partial charge in [0.05, 0.1) is 36.0 Å². The zero-order valence-electron chi connectivity index (χ0n) is 26.5. The van der Waals surface area contributed by atoms with Crippen LogP contribution in [0.2, 0.25) is 0 Å². The van der Waals surface area contributed by atoms with Crippen LogP contribution in [0.5, 0.6) is 11.6 Å². The van der Waals surface area contributed by atoms with E-state index in [-0.39, 0.29) is 42.1 Å². The van der Waals surface area contributed by atoms with E-state index >= 15 is 0 Å². The van der Waals surface area contributed by atoms with Crippen molar-refractivity contribution in [3.8, 4) is 11.6 Å². The first kappa shape index (κ1) is 32.9. The molecule has 2 fully saturated rings. The summed E-state index contributed by atoms with van der Waals surface area (Å²) in [7, 11) is 0. The lowest BCUT2D eigenvalue weighted by atomic mass is 9.77. The van der Waals surface area contributed by atoms with E-state index in [0.29, 0.717) is 24.1 Å². The predicted molar refractivity (Wildman–Crippen MR) is 158 cm³/mol. The van der Waals surface area contributed by atoms with Crippen LogP contribution in [-0.4, -0.2) is 63.7 Å². The molecular formula is C33H42F3N3O6. The number of carbonyl (C=O) groups excluding carboxylic acids is 3. The minimum absolute atomic E-state index is 0.0819. The van der Waals surface area contributed by atoms with Gasteiger partial charge in [-0.3, -0.25) is 9.59 Å². The van der Waals surface area contributed by atoms with Crippen molar-refractivity contribution in [2.75, 3.05) is 6.54 Å². The third-order valence-corrected chi connectivity index (χ3v) is 9.60. The fraction of sp³-hybridized carbons (Fsp3) is 0.667. The molecule has 2 bridgehead atoms. The number of esters is 1. The first-order valence-corrected chi connectivity index (χ1v) is 15.8. The number of hydrogen-bond donors (Lipinski definition) is 0. The van der Waals surface area contributed by atoms with Crippen LogP contribution in [0.15, 0.2) is 18.2 Å². The first-order chi connectivity index (χ1) is 21.1. The average Bonchev–Trinajstić information content (AvgIpc) is 3.43. The Labute approximate surface area is 261 Å². The van der Waals surface area contributed by atoms with E-state index in [9.17, 15) is 27.6 Å². The molecule has 5 rings (SSSR count). The summed E-state index contributed by atoms with van der Waals surface area (Å²) in [5.74, 6) is -1.85. The summed E-state index contributed by atoms with van der Waals surface area (Å²) in [5.41, 5.74) is 0.00197. The maximum Gasteiger partial charge on any atom is 0.573 e. The number of halogens is 3. The zero-order chi connectivity index (χ0) is 32.7. The molecule has 1 amide bonds. The molecule has 0 N–H and O–H groups in total. The largest absolute Gasteiger partial charge is 0.573 e. The third-order valence-electron chi connectivity index (χ3n) is 9.60. The summed E-state index contributed by atoms with van der Waals surface area (Å²) in [6, 6.07) is 3.02. The second-order valence-electron chi connectivity index (χ2n) is 13.9. The SMILES string of the molecule is CC[C@@H]1[C@@H]2CN(C(=O)[C@H](C(C)(C)C)CC(=O)O[C@]3(C)C[C@H]3CCCCCc3nc4ccc(OC(F)(F)F)cc4nc3O2)[C@@H]1C=O. The number of fused-ring (bicyclic) bond motifs is 5. The van der Waals surface area contributed by atoms with Crippen LogP contribution in [0.25, 0.3) is 11.0 Å². The number of nitrogens with zero attached hydrogens (tertiary/aromatic N) is 3. The van der Waals surface area contributed by atoms with E-state index in [1.54, 1.807) is 0 Å². The molecule has 1 saturated heterocycles. The van der Waals surface area contributed by atoms with Crippen LogP contribution in [0.3, 0.4) is 0 Å². The number of aldehydes is 1. The second kappa shape index (κ2) is 12.4. The van der Waals surface area contributed by atoms with Gasteiger partial charge in [0.15, 0.2) is 0 Å². The topological polar surface area (TPSA) is 108 Å². The Morgan fingerprint density at radius 3 is 2.53 bits per heavy atom. The van der Waals surface area contributed by atoms with Crippen LogP contribution in [0, 0.1) is 23.2 Å². The number of hydrogen-bond acceptors (Lipinski definition) is 8. The molecule has 12 heteroatoms. The molecule has 1 saturated carbocycles. The summed E-state index contributed by atoms with van der Waals surface area (Å²) in [4.78, 5) is 50.6. The molecule has 0 radical (unpaired) electrons. The maximum atomic E-state index is 14.1. The van der Waals surface area contributed by atoms with Gasteiger partial charge in [-0.2, -0.15) is 0 Å². The summed E-state index contributed by atoms with van der Waals surface area (Å²) in [6.07, 6.45) is 0.446. The maximum absolute atomic E-state index is 14.1. The second-order valence-corrected chi connectivity index (χ2v) is 13.9. The predicted octanol–water partition coefficient (Wildman–Crippen LogP) is 6.20. The van der Waals surface area contributed by atoms with Crippen LogP contribution < -0.4 is 9.47 Å². The molecule has 45 heavy (non-hydrogen) atoms.